The van der Waals surface area contributed by atoms with E-state index in [2.05, 4.69) is 44.5 Å². The topological polar surface area (TPSA) is 97.6 Å². The monoisotopic (exact) mass is 337 g/mol. The molecule has 128 valence electrons. The fourth-order valence-corrected chi connectivity index (χ4v) is 2.42. The molecular weight excluding hydrogens is 318 g/mol. The lowest BCUT2D eigenvalue weighted by Crippen LogP contribution is -2.30. The molecule has 3 aromatic heterocycles. The van der Waals surface area contributed by atoms with Crippen molar-refractivity contribution in [3.05, 3.63) is 30.6 Å². The lowest BCUT2D eigenvalue weighted by Gasteiger charge is -2.07. The van der Waals surface area contributed by atoms with Crippen LogP contribution in [-0.4, -0.2) is 36.8 Å². The Morgan fingerprint density at radius 3 is 2.76 bits per heavy atom. The number of carbonyl (C=O) groups is 1. The highest BCUT2D eigenvalue weighted by Crippen LogP contribution is 2.20. The molecule has 0 saturated heterocycles. The first kappa shape index (κ1) is 15.5. The highest BCUT2D eigenvalue weighted by atomic mass is 16.2. The van der Waals surface area contributed by atoms with Crippen molar-refractivity contribution in [1.29, 1.82) is 0 Å². The molecule has 3 aromatic rings. The molecule has 0 unspecified atom stereocenters. The van der Waals surface area contributed by atoms with E-state index < -0.39 is 0 Å². The standard InChI is InChI=1S/C17H19N7O/c1-10(2)24-8-7-12(23-24)14-9-18-13-5-6-15(21-16(13)20-14)22-17(25)19-11-3-4-11/h5-11H,3-4H2,1-2H3,(H2,19,20,21,22,25). The van der Waals surface area contributed by atoms with Crippen LogP contribution in [0, 0.1) is 0 Å². The largest absolute Gasteiger partial charge is 0.335 e. The maximum atomic E-state index is 11.8. The van der Waals surface area contributed by atoms with Gasteiger partial charge in [-0.1, -0.05) is 0 Å². The van der Waals surface area contributed by atoms with Gasteiger partial charge in [-0.15, -0.1) is 0 Å². The van der Waals surface area contributed by atoms with Crippen LogP contribution in [0.2, 0.25) is 0 Å². The van der Waals surface area contributed by atoms with Gasteiger partial charge in [0.25, 0.3) is 0 Å². The minimum Gasteiger partial charge on any atom is -0.335 e. The lowest BCUT2D eigenvalue weighted by molar-refractivity contribution is 0.251. The second-order valence-electron chi connectivity index (χ2n) is 6.44. The summed E-state index contributed by atoms with van der Waals surface area (Å²) in [7, 11) is 0. The molecule has 1 aliphatic carbocycles. The summed E-state index contributed by atoms with van der Waals surface area (Å²) in [6, 6.07) is 5.74. The molecule has 0 aromatic carbocycles. The molecule has 2 N–H and O–H groups in total. The van der Waals surface area contributed by atoms with E-state index >= 15 is 0 Å². The number of rotatable bonds is 4. The zero-order valence-corrected chi connectivity index (χ0v) is 14.1. The van der Waals surface area contributed by atoms with E-state index in [0.717, 1.165) is 18.5 Å². The Kier molecular flexibility index (Phi) is 3.79. The molecule has 1 fully saturated rings. The number of nitrogens with one attached hydrogen (secondary N) is 2. The molecule has 0 radical (unpaired) electrons. The van der Waals surface area contributed by atoms with Crippen molar-refractivity contribution in [2.24, 2.45) is 0 Å². The van der Waals surface area contributed by atoms with Gasteiger partial charge in [0.1, 0.15) is 22.7 Å². The highest BCUT2D eigenvalue weighted by Gasteiger charge is 2.23. The molecule has 25 heavy (non-hydrogen) atoms. The summed E-state index contributed by atoms with van der Waals surface area (Å²) in [6.45, 7) is 4.13. The van der Waals surface area contributed by atoms with Gasteiger partial charge in [-0.25, -0.2) is 14.8 Å². The van der Waals surface area contributed by atoms with Crippen molar-refractivity contribution in [3.63, 3.8) is 0 Å². The van der Waals surface area contributed by atoms with Crippen LogP contribution in [-0.2, 0) is 0 Å². The van der Waals surface area contributed by atoms with E-state index in [0.29, 0.717) is 28.7 Å². The molecule has 0 bridgehead atoms. The number of nitrogens with zero attached hydrogens (tertiary/aromatic N) is 5. The third-order valence-electron chi connectivity index (χ3n) is 3.96. The second-order valence-corrected chi connectivity index (χ2v) is 6.44. The Morgan fingerprint density at radius 1 is 1.20 bits per heavy atom. The van der Waals surface area contributed by atoms with Crippen LogP contribution >= 0.6 is 0 Å². The number of amides is 2. The molecule has 8 heteroatoms. The van der Waals surface area contributed by atoms with Gasteiger partial charge in [-0.05, 0) is 44.9 Å². The summed E-state index contributed by atoms with van der Waals surface area (Å²) < 4.78 is 1.87. The average molecular weight is 337 g/mol. The van der Waals surface area contributed by atoms with Crippen LogP contribution in [0.1, 0.15) is 32.7 Å². The third-order valence-corrected chi connectivity index (χ3v) is 3.96. The molecule has 1 saturated carbocycles. The molecule has 8 nitrogen and oxygen atoms in total. The summed E-state index contributed by atoms with van der Waals surface area (Å²) in [4.78, 5) is 25.2. The normalized spacial score (nSPS) is 14.0. The van der Waals surface area contributed by atoms with E-state index in [4.69, 9.17) is 0 Å². The van der Waals surface area contributed by atoms with Crippen LogP contribution < -0.4 is 10.6 Å². The number of anilines is 1. The summed E-state index contributed by atoms with van der Waals surface area (Å²) >= 11 is 0. The fraction of sp³-hybridized carbons (Fsp3) is 0.353. The molecule has 1 aliphatic rings. The van der Waals surface area contributed by atoms with Gasteiger partial charge in [0.2, 0.25) is 0 Å². The van der Waals surface area contributed by atoms with Crippen LogP contribution in [0.3, 0.4) is 0 Å². The summed E-state index contributed by atoms with van der Waals surface area (Å²) in [5.74, 6) is 0.449. The van der Waals surface area contributed by atoms with Crippen LogP contribution in [0.5, 0.6) is 0 Å². The third kappa shape index (κ3) is 3.42. The fourth-order valence-electron chi connectivity index (χ4n) is 2.42. The van der Waals surface area contributed by atoms with Gasteiger partial charge >= 0.3 is 6.03 Å². The first-order valence-electron chi connectivity index (χ1n) is 8.35. The summed E-state index contributed by atoms with van der Waals surface area (Å²) in [6.07, 6.45) is 5.68. The predicted octanol–water partition coefficient (Wildman–Crippen LogP) is 2.75. The van der Waals surface area contributed by atoms with E-state index in [-0.39, 0.29) is 12.1 Å². The smallest absolute Gasteiger partial charge is 0.320 e. The Hall–Kier alpha value is -3.03. The SMILES string of the molecule is CC(C)n1ccc(-c2cnc3ccc(NC(=O)NC4CC4)nc3n2)n1. The predicted molar refractivity (Wildman–Crippen MR) is 94.1 cm³/mol. The van der Waals surface area contributed by atoms with Gasteiger partial charge in [-0.2, -0.15) is 5.10 Å². The zero-order valence-electron chi connectivity index (χ0n) is 14.1. The molecule has 3 heterocycles. The molecule has 0 spiro atoms. The van der Waals surface area contributed by atoms with E-state index in [1.54, 1.807) is 18.3 Å². The molecular formula is C17H19N7O. The van der Waals surface area contributed by atoms with Gasteiger partial charge in [-0.3, -0.25) is 15.0 Å². The maximum absolute atomic E-state index is 11.8. The maximum Gasteiger partial charge on any atom is 0.320 e. The van der Waals surface area contributed by atoms with Gasteiger partial charge in [0.15, 0.2) is 5.65 Å². The number of fused-ring (bicyclic) bond motifs is 1. The highest BCUT2D eigenvalue weighted by molar-refractivity contribution is 5.89. The van der Waals surface area contributed by atoms with Crippen molar-refractivity contribution in [2.75, 3.05) is 5.32 Å². The second kappa shape index (κ2) is 6.12. The van der Waals surface area contributed by atoms with Gasteiger partial charge < -0.3 is 5.32 Å². The Bertz CT molecular complexity index is 930. The molecule has 4 rings (SSSR count). The van der Waals surface area contributed by atoms with E-state index in [9.17, 15) is 4.79 Å². The summed E-state index contributed by atoms with van der Waals surface area (Å²) in [5.41, 5.74) is 2.54. The van der Waals surface area contributed by atoms with Crippen molar-refractivity contribution >= 4 is 23.0 Å². The van der Waals surface area contributed by atoms with Crippen molar-refractivity contribution in [1.82, 2.24) is 30.0 Å². The average Bonchev–Trinajstić information content (AvgIpc) is 3.25. The number of urea groups is 1. The molecule has 0 atom stereocenters. The zero-order chi connectivity index (χ0) is 17.4. The quantitative estimate of drug-likeness (QED) is 0.763. The van der Waals surface area contributed by atoms with Crippen LogP contribution in [0.25, 0.3) is 22.6 Å². The minimum absolute atomic E-state index is 0.242. The number of pyridine rings is 1. The number of hydrogen-bond acceptors (Lipinski definition) is 5. The number of aromatic nitrogens is 5. The van der Waals surface area contributed by atoms with E-state index in [1.807, 2.05) is 16.9 Å². The number of carbonyl (C=O) groups excluding carboxylic acids is 1. The first-order valence-corrected chi connectivity index (χ1v) is 8.35. The van der Waals surface area contributed by atoms with Crippen molar-refractivity contribution in [2.45, 2.75) is 38.8 Å². The Labute approximate surface area is 144 Å². The lowest BCUT2D eigenvalue weighted by atomic mass is 10.3. The van der Waals surface area contributed by atoms with Crippen LogP contribution in [0.15, 0.2) is 30.6 Å². The van der Waals surface area contributed by atoms with Crippen molar-refractivity contribution in [3.8, 4) is 11.4 Å². The Balaban J connectivity index is 1.60. The molecule has 0 aliphatic heterocycles. The number of hydrogen-bond donors (Lipinski definition) is 2. The van der Waals surface area contributed by atoms with E-state index in [1.165, 1.54) is 0 Å². The first-order chi connectivity index (χ1) is 12.1. The molecule has 2 amide bonds. The Morgan fingerprint density at radius 2 is 2.04 bits per heavy atom. The van der Waals surface area contributed by atoms with Crippen LogP contribution in [0.4, 0.5) is 10.6 Å². The van der Waals surface area contributed by atoms with Gasteiger partial charge in [0, 0.05) is 18.3 Å². The summed E-state index contributed by atoms with van der Waals surface area (Å²) in [5, 5.41) is 10.1. The van der Waals surface area contributed by atoms with Crippen molar-refractivity contribution < 1.29 is 4.79 Å². The minimum atomic E-state index is -0.242. The van der Waals surface area contributed by atoms with Gasteiger partial charge in [0.05, 0.1) is 6.20 Å².